The van der Waals surface area contributed by atoms with Gasteiger partial charge in [0.2, 0.25) is 0 Å². The number of rotatable bonds is 22. The Hall–Kier alpha value is -7.85. The first-order valence-electron chi connectivity index (χ1n) is 22.6. The van der Waals surface area contributed by atoms with Crippen LogP contribution in [0.2, 0.25) is 0 Å². The molecule has 2 aromatic carbocycles. The molecule has 0 aliphatic heterocycles. The van der Waals surface area contributed by atoms with Crippen LogP contribution in [0.15, 0.2) is 134 Å². The molecule has 0 aliphatic rings. The van der Waals surface area contributed by atoms with Crippen molar-refractivity contribution in [2.24, 2.45) is 0 Å². The maximum Gasteiger partial charge on any atom is 2.00 e. The van der Waals surface area contributed by atoms with Gasteiger partial charge in [0.15, 0.2) is 0 Å². The minimum atomic E-state index is -4.53. The van der Waals surface area contributed by atoms with Crippen LogP contribution in [-0.4, -0.2) is 49.6 Å². The van der Waals surface area contributed by atoms with Gasteiger partial charge in [0.1, 0.15) is 11.4 Å². The smallest absolute Gasteiger partial charge is 0.753 e. The number of ether oxygens (including phenoxy) is 3. The van der Waals surface area contributed by atoms with Crippen LogP contribution >= 0.6 is 12.2 Å². The summed E-state index contributed by atoms with van der Waals surface area (Å²) in [6.45, 7) is 5.35. The van der Waals surface area contributed by atoms with Gasteiger partial charge in [-0.15, -0.1) is 0 Å². The number of aromatic nitrogens is 6. The number of carbonyl (C=O) groups is 3. The molecule has 0 unspecified atom stereocenters. The van der Waals surface area contributed by atoms with Crippen molar-refractivity contribution in [2.45, 2.75) is 71.4 Å². The maximum absolute atomic E-state index is 13.0. The van der Waals surface area contributed by atoms with Crippen molar-refractivity contribution in [3.8, 4) is 39.9 Å². The zero-order valence-corrected chi connectivity index (χ0v) is 42.2. The molecule has 5 heterocycles. The zero-order chi connectivity index (χ0) is 51.6. The Labute approximate surface area is 439 Å². The molecule has 0 spiro atoms. The molecule has 73 heavy (non-hydrogen) atoms. The number of carbonyl (C=O) groups excluding carboxylic acids is 3. The number of hydrogen-bond donors (Lipinski definition) is 0. The van der Waals surface area contributed by atoms with Crippen molar-refractivity contribution < 1.29 is 61.2 Å². The van der Waals surface area contributed by atoms with E-state index in [1.165, 1.54) is 67.3 Å². The van der Waals surface area contributed by atoms with Gasteiger partial charge in [-0.05, 0) is 127 Å². The van der Waals surface area contributed by atoms with E-state index in [-0.39, 0.29) is 30.9 Å². The number of aryl methyl sites for hydroxylation is 2. The number of anilines is 3. The molecule has 0 amide bonds. The van der Waals surface area contributed by atoms with Gasteiger partial charge in [0.25, 0.3) is 19.4 Å². The number of halogens is 3. The van der Waals surface area contributed by atoms with Crippen LogP contribution in [0.3, 0.4) is 0 Å². The van der Waals surface area contributed by atoms with Crippen molar-refractivity contribution in [1.82, 2.24) is 30.1 Å². The molecular formula is C54H49F3N8O6RuS. The number of pyridine rings is 4. The Morgan fingerprint density at radius 3 is 1.55 bits per heavy atom. The van der Waals surface area contributed by atoms with Crippen molar-refractivity contribution in [1.29, 1.82) is 0 Å². The van der Waals surface area contributed by atoms with E-state index in [0.717, 1.165) is 47.1 Å². The van der Waals surface area contributed by atoms with Gasteiger partial charge in [-0.3, -0.25) is 29.3 Å². The van der Waals surface area contributed by atoms with Crippen molar-refractivity contribution in [2.75, 3.05) is 4.90 Å². The molecule has 0 atom stereocenters. The van der Waals surface area contributed by atoms with E-state index < -0.39 is 11.9 Å². The molecule has 7 aromatic rings. The quantitative estimate of drug-likeness (QED) is 0.0156. The summed E-state index contributed by atoms with van der Waals surface area (Å²) in [5.41, 5.74) is 8.14. The normalized spacial score (nSPS) is 10.7. The molecule has 0 aliphatic carbocycles. The summed E-state index contributed by atoms with van der Waals surface area (Å²) in [6.07, 6.45) is 15.2. The van der Waals surface area contributed by atoms with Gasteiger partial charge in [-0.1, -0.05) is 81.7 Å². The fourth-order valence-electron chi connectivity index (χ4n) is 7.03. The summed E-state index contributed by atoms with van der Waals surface area (Å²) in [5.74, 6) is 0.258. The summed E-state index contributed by atoms with van der Waals surface area (Å²) >= 11 is 3.70. The minimum absolute atomic E-state index is 0. The molecule has 19 heteroatoms. The third-order valence-corrected chi connectivity index (χ3v) is 10.5. The Bertz CT molecular complexity index is 2780. The first-order chi connectivity index (χ1) is 35.0. The average Bonchev–Trinajstić information content (AvgIpc) is 3.91. The molecule has 0 N–H and O–H groups in total. The van der Waals surface area contributed by atoms with E-state index >= 15 is 0 Å². The van der Waals surface area contributed by atoms with E-state index in [4.69, 9.17) is 10.1 Å². The predicted octanol–water partition coefficient (Wildman–Crippen LogP) is 12.7. The molecule has 14 nitrogen and oxygen atoms in total. The number of hydrogen-bond acceptors (Lipinski definition) is 13. The number of benzene rings is 2. The molecule has 5 aromatic heterocycles. The van der Waals surface area contributed by atoms with E-state index in [2.05, 4.69) is 119 Å². The topological polar surface area (TPSA) is 183 Å². The van der Waals surface area contributed by atoms with Gasteiger partial charge < -0.3 is 34.7 Å². The van der Waals surface area contributed by atoms with Crippen LogP contribution in [0.1, 0.15) is 80.3 Å². The third kappa shape index (κ3) is 18.4. The molecule has 7 rings (SSSR count). The van der Waals surface area contributed by atoms with Crippen LogP contribution < -0.4 is 14.7 Å². The zero-order valence-electron chi connectivity index (χ0n) is 39.7. The van der Waals surface area contributed by atoms with Gasteiger partial charge >= 0.3 is 25.7 Å². The second-order valence-electron chi connectivity index (χ2n) is 15.5. The van der Waals surface area contributed by atoms with Crippen molar-refractivity contribution in [3.63, 3.8) is 0 Å². The third-order valence-electron chi connectivity index (χ3n) is 10.5. The monoisotopic (exact) mass is 1100 g/mol. The van der Waals surface area contributed by atoms with E-state index in [1.807, 2.05) is 6.07 Å². The number of isothiocyanates is 1. The molecule has 0 saturated carbocycles. The first-order valence-corrected chi connectivity index (χ1v) is 23.0. The number of nitrogens with zero attached hydrogens (tertiary/aromatic N) is 8. The van der Waals surface area contributed by atoms with Gasteiger partial charge in [0.05, 0.1) is 47.2 Å². The standard InChI is InChI=1S/C31H34F3N4.C22H15N3O6.CNS.Ru/c1-3-5-7-9-23-11-15-25(16-12-23)38(26-17-13-24(14-18-26)10-8-6-4-2)27-19-20-28(35-22-27)29-21-30(37-36-29)31(32,33)34;26-13-29-7-3-16-1-5-23-19(9-16)21-11-18(31-15-28)12-22(25-21)20-10-17(2-6-24-20)4-8-30-14-27;2-1-3;/h11-22H,3-10H2,1-2H3;1-15H;;/q-1;;-1;+2/b;7-3+,8-4+;;. The van der Waals surface area contributed by atoms with E-state index in [1.54, 1.807) is 73.2 Å². The van der Waals surface area contributed by atoms with E-state index in [9.17, 15) is 27.6 Å². The summed E-state index contributed by atoms with van der Waals surface area (Å²) < 4.78 is 53.0. The fourth-order valence-corrected chi connectivity index (χ4v) is 7.03. The van der Waals surface area contributed by atoms with Crippen molar-refractivity contribution in [3.05, 3.63) is 168 Å². The summed E-state index contributed by atoms with van der Waals surface area (Å²) in [5, 5.41) is 15.4. The molecule has 0 bridgehead atoms. The summed E-state index contributed by atoms with van der Waals surface area (Å²) in [6, 6.07) is 31.6. The SMILES string of the molecule is CCCCCc1ccc(N(c2ccc(CCCCC)cc2)c2ccc(-c3cc(C(F)(F)F)n[n-]3)nc2)cc1.O=CO/C=C/c1ccnc(-c2cc(OC=O)cc(-c3cc(/C=C/OC=O)ccn3)n2)c1.[N-]=C=S.[Ru+2]. The summed E-state index contributed by atoms with van der Waals surface area (Å²) in [7, 11) is 0. The average molecular weight is 1100 g/mol. The predicted molar refractivity (Wildman–Crippen MR) is 273 cm³/mol. The Morgan fingerprint density at radius 2 is 1.14 bits per heavy atom. The number of alkyl halides is 3. The van der Waals surface area contributed by atoms with E-state index in [0.29, 0.717) is 47.9 Å². The Balaban J connectivity index is 0.000000302. The number of unbranched alkanes of at least 4 members (excludes halogenated alkanes) is 4. The molecule has 0 radical (unpaired) electrons. The van der Waals surface area contributed by atoms with Crippen LogP contribution in [0.25, 0.3) is 51.7 Å². The van der Waals surface area contributed by atoms with Crippen molar-refractivity contribution >= 4 is 66.0 Å². The largest absolute Gasteiger partial charge is 2.00 e. The minimum Gasteiger partial charge on any atom is -0.753 e. The van der Waals surface area contributed by atoms with Crippen LogP contribution in [0.4, 0.5) is 30.2 Å². The maximum atomic E-state index is 13.0. The second-order valence-corrected chi connectivity index (χ2v) is 15.7. The number of thiocarbonyl (C=S) groups is 1. The van der Waals surface area contributed by atoms with Crippen LogP contribution in [0, 0.1) is 0 Å². The van der Waals surface area contributed by atoms with Crippen LogP contribution in [0.5, 0.6) is 5.75 Å². The Morgan fingerprint density at radius 1 is 0.644 bits per heavy atom. The molecule has 376 valence electrons. The Kier molecular flexibility index (Phi) is 24.4. The van der Waals surface area contributed by atoms with Gasteiger partial charge in [-0.25, -0.2) is 4.98 Å². The second kappa shape index (κ2) is 30.8. The first kappa shape index (κ1) is 57.7. The molecule has 0 fully saturated rings. The molecule has 0 saturated heterocycles. The van der Waals surface area contributed by atoms with Gasteiger partial charge in [0, 0.05) is 41.6 Å². The fraction of sp³-hybridized carbons (Fsp3) is 0.204. The summed E-state index contributed by atoms with van der Waals surface area (Å²) in [4.78, 5) is 51.2. The molecular weight excluding hydrogens is 1050 g/mol. The van der Waals surface area contributed by atoms with Gasteiger partial charge in [-0.2, -0.15) is 18.3 Å². The van der Waals surface area contributed by atoms with Crippen LogP contribution in [-0.2, 0) is 62.4 Å².